The van der Waals surface area contributed by atoms with Gasteiger partial charge in [-0.1, -0.05) is 26.0 Å². The molecule has 0 radical (unpaired) electrons. The van der Waals surface area contributed by atoms with Crippen LogP contribution in [0.25, 0.3) is 0 Å². The maximum absolute atomic E-state index is 13.9. The summed E-state index contributed by atoms with van der Waals surface area (Å²) in [7, 11) is 0. The number of hydrogen-bond donors (Lipinski definition) is 1. The standard InChI is InChI=1S/C23H20F2N2O4/c1-14(2)21(27-22(28)20-17(24)6-5-7-18(20)25)23(29)31-16-11-9-15(10-12-16)30-19-8-3-4-13-26-19/h3-14,21H,1-2H3,(H,27,28). The number of esters is 1. The highest BCUT2D eigenvalue weighted by Gasteiger charge is 2.28. The number of pyridine rings is 1. The van der Waals surface area contributed by atoms with Crippen LogP contribution >= 0.6 is 0 Å². The van der Waals surface area contributed by atoms with Crippen LogP contribution in [0.2, 0.25) is 0 Å². The Morgan fingerprint density at radius 1 is 0.903 bits per heavy atom. The summed E-state index contributed by atoms with van der Waals surface area (Å²) in [6.07, 6.45) is 1.60. The molecule has 0 saturated carbocycles. The average Bonchev–Trinajstić information content (AvgIpc) is 2.74. The normalized spacial score (nSPS) is 11.6. The molecular formula is C23H20F2N2O4. The van der Waals surface area contributed by atoms with Crippen LogP contribution in [0.1, 0.15) is 24.2 Å². The van der Waals surface area contributed by atoms with Crippen molar-refractivity contribution in [2.45, 2.75) is 19.9 Å². The molecule has 0 aliphatic heterocycles. The molecule has 160 valence electrons. The minimum Gasteiger partial charge on any atom is -0.439 e. The van der Waals surface area contributed by atoms with Crippen molar-refractivity contribution in [2.75, 3.05) is 0 Å². The van der Waals surface area contributed by atoms with Crippen molar-refractivity contribution in [3.63, 3.8) is 0 Å². The second-order valence-electron chi connectivity index (χ2n) is 6.95. The van der Waals surface area contributed by atoms with E-state index in [1.54, 1.807) is 50.4 Å². The lowest BCUT2D eigenvalue weighted by Gasteiger charge is -2.21. The number of ether oxygens (including phenoxy) is 2. The van der Waals surface area contributed by atoms with Gasteiger partial charge in [0.2, 0.25) is 5.88 Å². The molecule has 1 unspecified atom stereocenters. The molecule has 1 atom stereocenters. The summed E-state index contributed by atoms with van der Waals surface area (Å²) in [6.45, 7) is 3.35. The Hall–Kier alpha value is -3.81. The Labute approximate surface area is 177 Å². The van der Waals surface area contributed by atoms with Gasteiger partial charge < -0.3 is 14.8 Å². The summed E-state index contributed by atoms with van der Waals surface area (Å²) in [6, 6.07) is 13.4. The highest BCUT2D eigenvalue weighted by molar-refractivity contribution is 5.97. The summed E-state index contributed by atoms with van der Waals surface area (Å²) in [5.74, 6) is -3.11. The molecule has 6 nitrogen and oxygen atoms in total. The Balaban J connectivity index is 1.67. The molecule has 0 fully saturated rings. The van der Waals surface area contributed by atoms with Crippen LogP contribution in [0.4, 0.5) is 8.78 Å². The van der Waals surface area contributed by atoms with E-state index in [4.69, 9.17) is 9.47 Å². The fraction of sp³-hybridized carbons (Fsp3) is 0.174. The third-order valence-corrected chi connectivity index (χ3v) is 4.30. The number of nitrogens with zero attached hydrogens (tertiary/aromatic N) is 1. The first-order valence-electron chi connectivity index (χ1n) is 9.50. The van der Waals surface area contributed by atoms with Gasteiger partial charge >= 0.3 is 5.97 Å². The van der Waals surface area contributed by atoms with E-state index in [2.05, 4.69) is 10.3 Å². The first kappa shape index (κ1) is 21.9. The van der Waals surface area contributed by atoms with Gasteiger partial charge in [0.05, 0.1) is 0 Å². The van der Waals surface area contributed by atoms with Crippen molar-refractivity contribution in [3.8, 4) is 17.4 Å². The average molecular weight is 426 g/mol. The lowest BCUT2D eigenvalue weighted by atomic mass is 10.0. The predicted molar refractivity (Wildman–Crippen MR) is 109 cm³/mol. The Bertz CT molecular complexity index is 1040. The maximum Gasteiger partial charge on any atom is 0.334 e. The van der Waals surface area contributed by atoms with E-state index in [1.165, 1.54) is 12.1 Å². The van der Waals surface area contributed by atoms with E-state index < -0.39 is 41.0 Å². The van der Waals surface area contributed by atoms with Gasteiger partial charge in [-0.3, -0.25) is 4.79 Å². The third kappa shape index (κ3) is 5.63. The fourth-order valence-electron chi connectivity index (χ4n) is 2.71. The second-order valence-corrected chi connectivity index (χ2v) is 6.95. The number of carbonyl (C=O) groups excluding carboxylic acids is 2. The summed E-state index contributed by atoms with van der Waals surface area (Å²) < 4.78 is 38.6. The molecule has 1 aromatic heterocycles. The molecular weight excluding hydrogens is 406 g/mol. The number of aromatic nitrogens is 1. The van der Waals surface area contributed by atoms with E-state index in [0.717, 1.165) is 18.2 Å². The molecule has 2 aromatic carbocycles. The molecule has 1 amide bonds. The molecule has 0 spiro atoms. The van der Waals surface area contributed by atoms with Gasteiger partial charge in [-0.05, 0) is 48.4 Å². The maximum atomic E-state index is 13.9. The molecule has 3 aromatic rings. The van der Waals surface area contributed by atoms with Gasteiger partial charge in [0.1, 0.15) is 34.7 Å². The lowest BCUT2D eigenvalue weighted by molar-refractivity contribution is -0.137. The molecule has 0 aliphatic carbocycles. The third-order valence-electron chi connectivity index (χ3n) is 4.30. The minimum absolute atomic E-state index is 0.218. The van der Waals surface area contributed by atoms with Crippen molar-refractivity contribution < 1.29 is 27.8 Å². The van der Waals surface area contributed by atoms with Gasteiger partial charge in [0, 0.05) is 12.3 Å². The smallest absolute Gasteiger partial charge is 0.334 e. The number of amides is 1. The second kappa shape index (κ2) is 9.80. The SMILES string of the molecule is CC(C)C(NC(=O)c1c(F)cccc1F)C(=O)Oc1ccc(Oc2ccccn2)cc1. The molecule has 31 heavy (non-hydrogen) atoms. The number of halogens is 2. The van der Waals surface area contributed by atoms with Crippen molar-refractivity contribution >= 4 is 11.9 Å². The summed E-state index contributed by atoms with van der Waals surface area (Å²) in [4.78, 5) is 29.0. The zero-order valence-corrected chi connectivity index (χ0v) is 16.8. The Kier molecular flexibility index (Phi) is 6.92. The summed E-state index contributed by atoms with van der Waals surface area (Å²) in [5, 5.41) is 2.35. The number of rotatable bonds is 7. The predicted octanol–water partition coefficient (Wildman–Crippen LogP) is 4.51. The zero-order valence-electron chi connectivity index (χ0n) is 16.8. The Morgan fingerprint density at radius 2 is 1.55 bits per heavy atom. The molecule has 1 heterocycles. The Morgan fingerprint density at radius 3 is 2.13 bits per heavy atom. The summed E-state index contributed by atoms with van der Waals surface area (Å²) >= 11 is 0. The van der Waals surface area contributed by atoms with Crippen LogP contribution < -0.4 is 14.8 Å². The molecule has 0 saturated heterocycles. The van der Waals surface area contributed by atoms with Gasteiger partial charge in [-0.2, -0.15) is 0 Å². The topological polar surface area (TPSA) is 77.5 Å². The molecule has 0 aliphatic rings. The fourth-order valence-corrected chi connectivity index (χ4v) is 2.71. The highest BCUT2D eigenvalue weighted by atomic mass is 19.1. The zero-order chi connectivity index (χ0) is 22.4. The van der Waals surface area contributed by atoms with Crippen molar-refractivity contribution in [2.24, 2.45) is 5.92 Å². The van der Waals surface area contributed by atoms with E-state index in [9.17, 15) is 18.4 Å². The number of nitrogens with one attached hydrogen (secondary N) is 1. The minimum atomic E-state index is -1.11. The molecule has 8 heteroatoms. The van der Waals surface area contributed by atoms with Gasteiger partial charge in [0.25, 0.3) is 5.91 Å². The number of carbonyl (C=O) groups is 2. The van der Waals surface area contributed by atoms with Gasteiger partial charge in [0.15, 0.2) is 0 Å². The van der Waals surface area contributed by atoms with Crippen molar-refractivity contribution in [3.05, 3.63) is 84.1 Å². The van der Waals surface area contributed by atoms with Crippen molar-refractivity contribution in [1.82, 2.24) is 10.3 Å². The largest absolute Gasteiger partial charge is 0.439 e. The van der Waals surface area contributed by atoms with Crippen LogP contribution in [0, 0.1) is 17.6 Å². The first-order chi connectivity index (χ1) is 14.8. The van der Waals surface area contributed by atoms with Gasteiger partial charge in [-0.25, -0.2) is 18.6 Å². The van der Waals surface area contributed by atoms with Crippen LogP contribution in [-0.4, -0.2) is 22.9 Å². The quantitative estimate of drug-likeness (QED) is 0.444. The van der Waals surface area contributed by atoms with Crippen LogP contribution in [0.3, 0.4) is 0 Å². The van der Waals surface area contributed by atoms with E-state index in [-0.39, 0.29) is 5.75 Å². The van der Waals surface area contributed by atoms with Crippen LogP contribution in [0.15, 0.2) is 66.9 Å². The monoisotopic (exact) mass is 426 g/mol. The molecule has 0 bridgehead atoms. The number of hydrogen-bond acceptors (Lipinski definition) is 5. The van der Waals surface area contributed by atoms with Gasteiger partial charge in [-0.15, -0.1) is 0 Å². The van der Waals surface area contributed by atoms with Crippen molar-refractivity contribution in [1.29, 1.82) is 0 Å². The van der Waals surface area contributed by atoms with Crippen LogP contribution in [0.5, 0.6) is 17.4 Å². The van der Waals surface area contributed by atoms with E-state index >= 15 is 0 Å². The summed E-state index contributed by atoms with van der Waals surface area (Å²) in [5.41, 5.74) is -0.753. The first-order valence-corrected chi connectivity index (χ1v) is 9.50. The molecule has 3 rings (SSSR count). The molecule has 1 N–H and O–H groups in total. The highest BCUT2D eigenvalue weighted by Crippen LogP contribution is 2.23. The lowest BCUT2D eigenvalue weighted by Crippen LogP contribution is -2.46. The van der Waals surface area contributed by atoms with E-state index in [0.29, 0.717) is 11.6 Å². The van der Waals surface area contributed by atoms with E-state index in [1.807, 2.05) is 0 Å². The number of benzene rings is 2. The van der Waals surface area contributed by atoms with Crippen LogP contribution in [-0.2, 0) is 4.79 Å².